The van der Waals surface area contributed by atoms with E-state index in [1.54, 1.807) is 13.1 Å². The Bertz CT molecular complexity index is 1040. The summed E-state index contributed by atoms with van der Waals surface area (Å²) in [6.07, 6.45) is 5.36. The van der Waals surface area contributed by atoms with Crippen LogP contribution >= 0.6 is 0 Å². The minimum Gasteiger partial charge on any atom is -0.458 e. The average Bonchev–Trinajstić information content (AvgIpc) is 3.68. The van der Waals surface area contributed by atoms with Crippen molar-refractivity contribution in [3.63, 3.8) is 0 Å². The van der Waals surface area contributed by atoms with E-state index in [2.05, 4.69) is 26.1 Å². The summed E-state index contributed by atoms with van der Waals surface area (Å²) in [5.41, 5.74) is 0.391. The van der Waals surface area contributed by atoms with Gasteiger partial charge < -0.3 is 29.0 Å². The Hall–Kier alpha value is -1.74. The van der Waals surface area contributed by atoms with Crippen molar-refractivity contribution in [2.45, 2.75) is 81.3 Å². The lowest BCUT2D eigenvalue weighted by atomic mass is 9.46. The number of esters is 1. The average molecular weight is 458 g/mol. The molecule has 0 unspecified atom stereocenters. The Balaban J connectivity index is 1.27. The Kier molecular flexibility index (Phi) is 3.80. The smallest absolute Gasteiger partial charge is 0.334 e. The molecule has 2 saturated carbocycles. The quantitative estimate of drug-likeness (QED) is 0.379. The summed E-state index contributed by atoms with van der Waals surface area (Å²) in [6, 6.07) is 0. The van der Waals surface area contributed by atoms with E-state index in [0.29, 0.717) is 13.2 Å². The number of fused-ring (bicyclic) bond motifs is 4. The molecule has 1 N–H and O–H groups in total. The molecular weight excluding hydrogens is 426 g/mol. The highest BCUT2D eigenvalue weighted by atomic mass is 16.8. The van der Waals surface area contributed by atoms with Gasteiger partial charge in [0.1, 0.15) is 36.1 Å². The topological polar surface area (TPSA) is 102 Å². The molecule has 7 rings (SSSR count). The van der Waals surface area contributed by atoms with Gasteiger partial charge in [-0.25, -0.2) is 4.79 Å². The van der Waals surface area contributed by atoms with E-state index in [4.69, 9.17) is 23.7 Å². The third-order valence-electron chi connectivity index (χ3n) is 9.94. The molecular formula is C25H31NO7. The minimum atomic E-state index is -0.553. The predicted molar refractivity (Wildman–Crippen MR) is 114 cm³/mol. The molecule has 1 amide bonds. The van der Waals surface area contributed by atoms with Gasteiger partial charge in [0.2, 0.25) is 5.91 Å². The van der Waals surface area contributed by atoms with Gasteiger partial charge in [-0.3, -0.25) is 4.79 Å². The lowest BCUT2D eigenvalue weighted by molar-refractivity contribution is -0.136. The van der Waals surface area contributed by atoms with Gasteiger partial charge in [0, 0.05) is 24.1 Å². The van der Waals surface area contributed by atoms with Crippen molar-refractivity contribution in [2.24, 2.45) is 17.3 Å². The van der Waals surface area contributed by atoms with Crippen LogP contribution in [0.15, 0.2) is 23.3 Å². The summed E-state index contributed by atoms with van der Waals surface area (Å²) in [7, 11) is 1.61. The van der Waals surface area contributed by atoms with Crippen LogP contribution in [-0.2, 0) is 33.3 Å². The van der Waals surface area contributed by atoms with Crippen molar-refractivity contribution in [1.29, 1.82) is 0 Å². The molecule has 2 spiro atoms. The van der Waals surface area contributed by atoms with Crippen LogP contribution in [0.2, 0.25) is 0 Å². The van der Waals surface area contributed by atoms with E-state index in [1.807, 2.05) is 0 Å². The van der Waals surface area contributed by atoms with Crippen molar-refractivity contribution in [3.05, 3.63) is 23.3 Å². The zero-order valence-electron chi connectivity index (χ0n) is 19.5. The molecule has 9 atom stereocenters. The number of hydrogen-bond donors (Lipinski definition) is 1. The molecule has 4 heterocycles. The number of amides is 1. The molecule has 0 aromatic rings. The summed E-state index contributed by atoms with van der Waals surface area (Å²) in [5, 5.41) is 2.59. The normalized spacial score (nSPS) is 52.3. The highest BCUT2D eigenvalue weighted by Gasteiger charge is 3.00. The zero-order chi connectivity index (χ0) is 23.0. The number of carbonyl (C=O) groups excluding carboxylic acids is 2. The second kappa shape index (κ2) is 6.08. The van der Waals surface area contributed by atoms with Crippen LogP contribution in [0.1, 0.15) is 40.0 Å². The van der Waals surface area contributed by atoms with Crippen LogP contribution in [0.5, 0.6) is 0 Å². The maximum atomic E-state index is 12.3. The predicted octanol–water partition coefficient (Wildman–Crippen LogP) is 1.43. The molecule has 0 bridgehead atoms. The van der Waals surface area contributed by atoms with Gasteiger partial charge in [-0.05, 0) is 36.7 Å². The van der Waals surface area contributed by atoms with Crippen LogP contribution in [0.25, 0.3) is 0 Å². The SMILES string of the molecule is CNC(=O)/C=C\CO[C@@H]1[C@@]2(C(C)C)O[C@H]2[C@@H]2O[C@]23[C@]12O[C@H]2C[C@H]1C2=C(CC[C@@]13C)C(=O)OC2. The van der Waals surface area contributed by atoms with Crippen LogP contribution < -0.4 is 5.32 Å². The number of hydrogen-bond acceptors (Lipinski definition) is 7. The van der Waals surface area contributed by atoms with Crippen LogP contribution in [-0.4, -0.2) is 73.4 Å². The third-order valence-corrected chi connectivity index (χ3v) is 9.94. The first-order chi connectivity index (χ1) is 15.8. The van der Waals surface area contributed by atoms with Crippen molar-refractivity contribution < 1.29 is 33.3 Å². The molecule has 33 heavy (non-hydrogen) atoms. The molecule has 5 fully saturated rings. The van der Waals surface area contributed by atoms with E-state index < -0.39 is 16.8 Å². The summed E-state index contributed by atoms with van der Waals surface area (Å²) in [6.45, 7) is 7.37. The van der Waals surface area contributed by atoms with Crippen LogP contribution in [0.3, 0.4) is 0 Å². The standard InChI is InChI=1S/C25H31NO7/c1-12(2)23-18(32-23)19-25(33-19)22(3)8-7-13-14(11-30-20(13)28)15(22)10-16-24(25,31-16)21(23)29-9-5-6-17(27)26-4/h5-6,12,15-16,18-19,21H,7-11H2,1-4H3,(H,26,27)/b6-5-/t15-,16-,18-,19-,21+,22-,23-,24+,25+/m0/s1. The van der Waals surface area contributed by atoms with Crippen molar-refractivity contribution in [1.82, 2.24) is 5.32 Å². The Morgan fingerprint density at radius 3 is 2.85 bits per heavy atom. The summed E-state index contributed by atoms with van der Waals surface area (Å²) in [4.78, 5) is 23.9. The first-order valence-corrected chi connectivity index (χ1v) is 12.2. The number of carbonyl (C=O) groups is 2. The number of rotatable bonds is 5. The fourth-order valence-corrected chi connectivity index (χ4v) is 8.31. The maximum absolute atomic E-state index is 12.3. The fourth-order valence-electron chi connectivity index (χ4n) is 8.31. The zero-order valence-corrected chi connectivity index (χ0v) is 19.5. The van der Waals surface area contributed by atoms with E-state index in [0.717, 1.165) is 30.4 Å². The first-order valence-electron chi connectivity index (χ1n) is 12.2. The van der Waals surface area contributed by atoms with Gasteiger partial charge in [0.25, 0.3) is 0 Å². The lowest BCUT2D eigenvalue weighted by Gasteiger charge is -2.54. The highest BCUT2D eigenvalue weighted by molar-refractivity contribution is 5.92. The third kappa shape index (κ3) is 2.10. The molecule has 4 aliphatic heterocycles. The first kappa shape index (κ1) is 20.6. The largest absolute Gasteiger partial charge is 0.458 e. The monoisotopic (exact) mass is 457 g/mol. The Morgan fingerprint density at radius 1 is 1.27 bits per heavy atom. The Morgan fingerprint density at radius 2 is 2.09 bits per heavy atom. The second-order valence-corrected chi connectivity index (χ2v) is 11.2. The molecule has 8 heteroatoms. The fraction of sp³-hybridized carbons (Fsp3) is 0.760. The summed E-state index contributed by atoms with van der Waals surface area (Å²) >= 11 is 0. The van der Waals surface area contributed by atoms with Crippen molar-refractivity contribution in [2.75, 3.05) is 20.3 Å². The van der Waals surface area contributed by atoms with Crippen molar-refractivity contribution >= 4 is 11.9 Å². The molecule has 7 aliphatic rings. The molecule has 0 aromatic heterocycles. The number of nitrogens with one attached hydrogen (secondary N) is 1. The molecule has 0 radical (unpaired) electrons. The molecule has 0 aromatic carbocycles. The van der Waals surface area contributed by atoms with Gasteiger partial charge in [-0.1, -0.05) is 26.8 Å². The minimum absolute atomic E-state index is 0.00294. The van der Waals surface area contributed by atoms with E-state index in [9.17, 15) is 9.59 Å². The molecule has 8 nitrogen and oxygen atoms in total. The van der Waals surface area contributed by atoms with Gasteiger partial charge in [0.15, 0.2) is 5.60 Å². The number of cyclic esters (lactones) is 1. The highest BCUT2D eigenvalue weighted by Crippen LogP contribution is 2.83. The van der Waals surface area contributed by atoms with Gasteiger partial charge >= 0.3 is 5.97 Å². The summed E-state index contributed by atoms with van der Waals surface area (Å²) < 4.78 is 31.8. The van der Waals surface area contributed by atoms with E-state index >= 15 is 0 Å². The van der Waals surface area contributed by atoms with Crippen LogP contribution in [0.4, 0.5) is 0 Å². The number of ether oxygens (including phenoxy) is 5. The Labute approximate surface area is 193 Å². The number of likely N-dealkylation sites (N-methyl/N-ethyl adjacent to an activating group) is 1. The van der Waals surface area contributed by atoms with E-state index in [1.165, 1.54) is 6.08 Å². The van der Waals surface area contributed by atoms with E-state index in [-0.39, 0.29) is 53.5 Å². The van der Waals surface area contributed by atoms with Gasteiger partial charge in [-0.15, -0.1) is 0 Å². The molecule has 3 aliphatic carbocycles. The lowest BCUT2D eigenvalue weighted by Crippen LogP contribution is -2.69. The second-order valence-electron chi connectivity index (χ2n) is 11.2. The maximum Gasteiger partial charge on any atom is 0.334 e. The molecule has 3 saturated heterocycles. The molecule has 178 valence electrons. The number of epoxide rings is 3. The van der Waals surface area contributed by atoms with Gasteiger partial charge in [0.05, 0.1) is 12.7 Å². The summed E-state index contributed by atoms with van der Waals surface area (Å²) in [5.74, 6) is 0.138. The van der Waals surface area contributed by atoms with Gasteiger partial charge in [-0.2, -0.15) is 0 Å². The van der Waals surface area contributed by atoms with Crippen LogP contribution in [0, 0.1) is 17.3 Å². The van der Waals surface area contributed by atoms with Crippen molar-refractivity contribution in [3.8, 4) is 0 Å².